The average Bonchev–Trinajstić information content (AvgIpc) is 3.16. The summed E-state index contributed by atoms with van der Waals surface area (Å²) in [5, 5.41) is 11.3. The standard InChI is InChI=1S/C29H33NO3Si/c1-5-10-23-25-18-34(3,4)19-26(25)24(11-6-2)28(29(31)21-12-8-7-9-13-21)27(23)20-14-16-22(17-15-20)30(32)33/h7-9,12-17H,5-6,10-11,18-19H2,1-4H3. The third kappa shape index (κ3) is 4.49. The molecule has 3 aromatic rings. The predicted molar refractivity (Wildman–Crippen MR) is 141 cm³/mol. The molecular weight excluding hydrogens is 438 g/mol. The molecule has 0 fully saturated rings. The van der Waals surface area contributed by atoms with Crippen molar-refractivity contribution in [3.8, 4) is 11.1 Å². The summed E-state index contributed by atoms with van der Waals surface area (Å²) in [7, 11) is -1.45. The fraction of sp³-hybridized carbons (Fsp3) is 0.345. The largest absolute Gasteiger partial charge is 0.289 e. The molecule has 0 spiro atoms. The maximum absolute atomic E-state index is 14.1. The third-order valence-corrected chi connectivity index (χ3v) is 9.51. The Morgan fingerprint density at radius 1 is 0.882 bits per heavy atom. The van der Waals surface area contributed by atoms with Crippen molar-refractivity contribution in [2.75, 3.05) is 0 Å². The second kappa shape index (κ2) is 9.67. The Morgan fingerprint density at radius 3 is 2.00 bits per heavy atom. The van der Waals surface area contributed by atoms with E-state index < -0.39 is 8.07 Å². The summed E-state index contributed by atoms with van der Waals surface area (Å²) < 4.78 is 0. The predicted octanol–water partition coefficient (Wildman–Crippen LogP) is 7.28. The molecule has 0 aromatic heterocycles. The smallest absolute Gasteiger partial charge is 0.269 e. The Kier molecular flexibility index (Phi) is 6.85. The van der Waals surface area contributed by atoms with E-state index in [1.165, 1.54) is 22.3 Å². The number of fused-ring (bicyclic) bond motifs is 1. The summed E-state index contributed by atoms with van der Waals surface area (Å²) in [6.07, 6.45) is 3.73. The zero-order valence-electron chi connectivity index (χ0n) is 20.6. The minimum Gasteiger partial charge on any atom is -0.289 e. The van der Waals surface area contributed by atoms with E-state index in [1.54, 1.807) is 12.1 Å². The number of carbonyl (C=O) groups excluding carboxylic acids is 1. The molecular formula is C29H33NO3Si. The van der Waals surface area contributed by atoms with E-state index in [4.69, 9.17) is 0 Å². The molecule has 0 saturated heterocycles. The molecule has 0 saturated carbocycles. The van der Waals surface area contributed by atoms with Gasteiger partial charge < -0.3 is 0 Å². The molecule has 5 heteroatoms. The Morgan fingerprint density at radius 2 is 1.44 bits per heavy atom. The zero-order chi connectivity index (χ0) is 24.5. The average molecular weight is 472 g/mol. The van der Waals surface area contributed by atoms with Crippen LogP contribution in [-0.4, -0.2) is 18.8 Å². The first-order valence-electron chi connectivity index (χ1n) is 12.3. The monoisotopic (exact) mass is 471 g/mol. The lowest BCUT2D eigenvalue weighted by molar-refractivity contribution is -0.384. The van der Waals surface area contributed by atoms with Crippen LogP contribution in [0.15, 0.2) is 54.6 Å². The first-order valence-corrected chi connectivity index (χ1v) is 15.7. The number of non-ortho nitro benzene ring substituents is 1. The Labute approximate surface area is 203 Å². The van der Waals surface area contributed by atoms with Crippen molar-refractivity contribution < 1.29 is 9.72 Å². The molecule has 4 nitrogen and oxygen atoms in total. The highest BCUT2D eigenvalue weighted by Gasteiger charge is 2.37. The van der Waals surface area contributed by atoms with Crippen LogP contribution in [0.4, 0.5) is 5.69 Å². The van der Waals surface area contributed by atoms with Crippen molar-refractivity contribution in [1.82, 2.24) is 0 Å². The van der Waals surface area contributed by atoms with E-state index in [0.717, 1.165) is 54.5 Å². The molecule has 0 atom stereocenters. The fourth-order valence-electron chi connectivity index (χ4n) is 5.52. The highest BCUT2D eigenvalue weighted by atomic mass is 28.3. The van der Waals surface area contributed by atoms with Crippen molar-refractivity contribution in [2.45, 2.75) is 64.7 Å². The third-order valence-electron chi connectivity index (χ3n) is 6.89. The van der Waals surface area contributed by atoms with Crippen LogP contribution in [0.1, 0.15) is 64.9 Å². The molecule has 4 rings (SSSR count). The Bertz CT molecular complexity index is 1230. The lowest BCUT2D eigenvalue weighted by Crippen LogP contribution is -2.26. The topological polar surface area (TPSA) is 60.2 Å². The van der Waals surface area contributed by atoms with Gasteiger partial charge in [-0.1, -0.05) is 70.1 Å². The number of hydrogen-bond acceptors (Lipinski definition) is 3. The molecule has 0 unspecified atom stereocenters. The number of benzene rings is 3. The molecule has 0 bridgehead atoms. The fourth-order valence-corrected chi connectivity index (χ4v) is 8.41. The van der Waals surface area contributed by atoms with Crippen LogP contribution in [0.25, 0.3) is 11.1 Å². The van der Waals surface area contributed by atoms with Gasteiger partial charge in [0.2, 0.25) is 0 Å². The van der Waals surface area contributed by atoms with Crippen LogP contribution in [0.3, 0.4) is 0 Å². The zero-order valence-corrected chi connectivity index (χ0v) is 21.6. The normalized spacial score (nSPS) is 14.1. The number of nitro benzene ring substituents is 1. The first kappa shape index (κ1) is 24.1. The van der Waals surface area contributed by atoms with Gasteiger partial charge in [0.05, 0.1) is 13.0 Å². The van der Waals surface area contributed by atoms with Gasteiger partial charge in [-0.25, -0.2) is 0 Å². The minimum atomic E-state index is -1.45. The molecule has 0 radical (unpaired) electrons. The van der Waals surface area contributed by atoms with Gasteiger partial charge >= 0.3 is 0 Å². The lowest BCUT2D eigenvalue weighted by Gasteiger charge is -2.24. The van der Waals surface area contributed by atoms with Gasteiger partial charge in [0.25, 0.3) is 5.69 Å². The number of rotatable bonds is 8. The van der Waals surface area contributed by atoms with E-state index in [9.17, 15) is 14.9 Å². The van der Waals surface area contributed by atoms with Crippen LogP contribution < -0.4 is 0 Å². The maximum Gasteiger partial charge on any atom is 0.269 e. The van der Waals surface area contributed by atoms with Crippen LogP contribution in [0.2, 0.25) is 13.1 Å². The van der Waals surface area contributed by atoms with Crippen molar-refractivity contribution in [3.63, 3.8) is 0 Å². The van der Waals surface area contributed by atoms with Crippen molar-refractivity contribution in [2.24, 2.45) is 0 Å². The van der Waals surface area contributed by atoms with E-state index in [2.05, 4.69) is 26.9 Å². The van der Waals surface area contributed by atoms with Gasteiger partial charge in [-0.3, -0.25) is 14.9 Å². The van der Waals surface area contributed by atoms with Crippen molar-refractivity contribution >= 4 is 19.5 Å². The van der Waals surface area contributed by atoms with E-state index in [0.29, 0.717) is 5.56 Å². The summed E-state index contributed by atoms with van der Waals surface area (Å²) in [6.45, 7) is 9.25. The Balaban J connectivity index is 2.09. The molecule has 0 aliphatic carbocycles. The van der Waals surface area contributed by atoms with E-state index in [-0.39, 0.29) is 16.4 Å². The van der Waals surface area contributed by atoms with Crippen LogP contribution in [-0.2, 0) is 24.9 Å². The number of nitrogens with zero attached hydrogens (tertiary/aromatic N) is 1. The van der Waals surface area contributed by atoms with Gasteiger partial charge in [-0.15, -0.1) is 0 Å². The number of hydrogen-bond donors (Lipinski definition) is 0. The lowest BCUT2D eigenvalue weighted by atomic mass is 9.79. The highest BCUT2D eigenvalue weighted by Crippen LogP contribution is 2.44. The van der Waals surface area contributed by atoms with Crippen LogP contribution >= 0.6 is 0 Å². The van der Waals surface area contributed by atoms with Crippen LogP contribution in [0.5, 0.6) is 0 Å². The van der Waals surface area contributed by atoms with Gasteiger partial charge in [0, 0.05) is 23.3 Å². The molecule has 1 aliphatic rings. The molecule has 176 valence electrons. The first-order chi connectivity index (χ1) is 16.3. The number of carbonyl (C=O) groups is 1. The second-order valence-electron chi connectivity index (χ2n) is 10.2. The quantitative estimate of drug-likeness (QED) is 0.150. The van der Waals surface area contributed by atoms with Crippen LogP contribution in [0, 0.1) is 10.1 Å². The molecule has 34 heavy (non-hydrogen) atoms. The second-order valence-corrected chi connectivity index (χ2v) is 15.2. The summed E-state index contributed by atoms with van der Waals surface area (Å²) in [5.41, 5.74) is 8.85. The maximum atomic E-state index is 14.1. The molecule has 1 aliphatic heterocycles. The summed E-state index contributed by atoms with van der Waals surface area (Å²) in [4.78, 5) is 25.1. The Hall–Kier alpha value is -3.05. The van der Waals surface area contributed by atoms with Gasteiger partial charge in [-0.2, -0.15) is 0 Å². The molecule has 1 heterocycles. The summed E-state index contributed by atoms with van der Waals surface area (Å²) >= 11 is 0. The molecule has 3 aromatic carbocycles. The highest BCUT2D eigenvalue weighted by molar-refractivity contribution is 6.77. The minimum absolute atomic E-state index is 0.0592. The van der Waals surface area contributed by atoms with E-state index >= 15 is 0 Å². The number of ketones is 1. The van der Waals surface area contributed by atoms with Gasteiger partial charge in [0.15, 0.2) is 5.78 Å². The van der Waals surface area contributed by atoms with Gasteiger partial charge in [-0.05, 0) is 70.4 Å². The van der Waals surface area contributed by atoms with Crippen molar-refractivity contribution in [1.29, 1.82) is 0 Å². The molecule has 0 amide bonds. The van der Waals surface area contributed by atoms with E-state index in [1.807, 2.05) is 42.5 Å². The molecule has 0 N–H and O–H groups in total. The van der Waals surface area contributed by atoms with Gasteiger partial charge in [0.1, 0.15) is 0 Å². The summed E-state index contributed by atoms with van der Waals surface area (Å²) in [6, 6.07) is 18.6. The summed E-state index contributed by atoms with van der Waals surface area (Å²) in [5.74, 6) is 0.0592. The number of nitro groups is 1. The van der Waals surface area contributed by atoms with Crippen molar-refractivity contribution in [3.05, 3.63) is 98.1 Å². The SMILES string of the molecule is CCCc1c2c(c(CCC)c(-c3ccc([N+](=O)[O-])cc3)c1C(=O)c1ccccc1)C[Si](C)(C)C2.